The number of hydrogen-bond donors (Lipinski definition) is 2. The molecule has 4 aliphatic carbocycles. The molecule has 4 fully saturated rings. The van der Waals surface area contributed by atoms with Crippen molar-refractivity contribution in [3.63, 3.8) is 0 Å². The molecular weight excluding hydrogens is 248 g/mol. The second kappa shape index (κ2) is 5.67. The van der Waals surface area contributed by atoms with Gasteiger partial charge in [0.1, 0.15) is 0 Å². The standard InChI is InChI=1S/C17H30N2O/c1-3-15(4-2)19-16(20)11-18-17-8-12-5-13(9-17)7-14(6-12)10-17/h12-15,18H,3-11H2,1-2H3,(H,19,20). The van der Waals surface area contributed by atoms with E-state index < -0.39 is 0 Å². The van der Waals surface area contributed by atoms with Gasteiger partial charge in [-0.2, -0.15) is 0 Å². The van der Waals surface area contributed by atoms with E-state index in [9.17, 15) is 4.79 Å². The highest BCUT2D eigenvalue weighted by Gasteiger charge is 2.50. The lowest BCUT2D eigenvalue weighted by Gasteiger charge is -2.57. The van der Waals surface area contributed by atoms with Crippen molar-refractivity contribution in [2.45, 2.75) is 76.8 Å². The zero-order valence-corrected chi connectivity index (χ0v) is 13.1. The Hall–Kier alpha value is -0.570. The van der Waals surface area contributed by atoms with Crippen LogP contribution in [0.15, 0.2) is 0 Å². The number of hydrogen-bond acceptors (Lipinski definition) is 2. The normalized spacial score (nSPS) is 38.5. The van der Waals surface area contributed by atoms with Gasteiger partial charge in [-0.3, -0.25) is 4.79 Å². The maximum absolute atomic E-state index is 12.1. The molecule has 0 aromatic rings. The van der Waals surface area contributed by atoms with Crippen LogP contribution in [0.25, 0.3) is 0 Å². The SMILES string of the molecule is CCC(CC)NC(=O)CNC12CC3CC(CC(C3)C1)C2. The van der Waals surface area contributed by atoms with E-state index in [1.165, 1.54) is 38.5 Å². The molecule has 20 heavy (non-hydrogen) atoms. The van der Waals surface area contributed by atoms with Gasteiger partial charge in [-0.1, -0.05) is 13.8 Å². The molecule has 0 aromatic heterocycles. The Balaban J connectivity index is 1.52. The summed E-state index contributed by atoms with van der Waals surface area (Å²) in [5.74, 6) is 3.01. The van der Waals surface area contributed by atoms with Crippen molar-refractivity contribution in [3.05, 3.63) is 0 Å². The predicted molar refractivity (Wildman–Crippen MR) is 81.4 cm³/mol. The molecule has 0 heterocycles. The minimum absolute atomic E-state index is 0.189. The first kappa shape index (κ1) is 14.4. The summed E-state index contributed by atoms with van der Waals surface area (Å²) in [7, 11) is 0. The maximum Gasteiger partial charge on any atom is 0.234 e. The van der Waals surface area contributed by atoms with Gasteiger partial charge in [-0.05, 0) is 69.1 Å². The van der Waals surface area contributed by atoms with Gasteiger partial charge < -0.3 is 10.6 Å². The molecule has 0 unspecified atom stereocenters. The molecule has 4 bridgehead atoms. The van der Waals surface area contributed by atoms with Gasteiger partial charge in [0.2, 0.25) is 5.91 Å². The van der Waals surface area contributed by atoms with Crippen molar-refractivity contribution in [1.82, 2.24) is 10.6 Å². The molecule has 0 saturated heterocycles. The largest absolute Gasteiger partial charge is 0.352 e. The zero-order chi connectivity index (χ0) is 14.2. The Morgan fingerprint density at radius 3 is 2.00 bits per heavy atom. The van der Waals surface area contributed by atoms with Crippen molar-refractivity contribution < 1.29 is 4.79 Å². The molecule has 4 rings (SSSR count). The minimum atomic E-state index is 0.189. The topological polar surface area (TPSA) is 41.1 Å². The fraction of sp³-hybridized carbons (Fsp3) is 0.941. The van der Waals surface area contributed by atoms with Crippen LogP contribution in [0.3, 0.4) is 0 Å². The van der Waals surface area contributed by atoms with Gasteiger partial charge in [0.25, 0.3) is 0 Å². The van der Waals surface area contributed by atoms with E-state index >= 15 is 0 Å². The van der Waals surface area contributed by atoms with Crippen molar-refractivity contribution >= 4 is 5.91 Å². The summed E-state index contributed by atoms with van der Waals surface area (Å²) in [5.41, 5.74) is 0.306. The number of nitrogens with one attached hydrogen (secondary N) is 2. The van der Waals surface area contributed by atoms with Crippen LogP contribution in [-0.2, 0) is 4.79 Å². The Kier molecular flexibility index (Phi) is 4.07. The molecule has 0 aliphatic heterocycles. The molecule has 4 aliphatic rings. The zero-order valence-electron chi connectivity index (χ0n) is 13.1. The molecule has 114 valence electrons. The third-order valence-corrected chi connectivity index (χ3v) is 6.01. The van der Waals surface area contributed by atoms with Crippen molar-refractivity contribution in [3.8, 4) is 0 Å². The average molecular weight is 278 g/mol. The highest BCUT2D eigenvalue weighted by molar-refractivity contribution is 5.78. The van der Waals surface area contributed by atoms with Gasteiger partial charge >= 0.3 is 0 Å². The Morgan fingerprint density at radius 1 is 1.05 bits per heavy atom. The van der Waals surface area contributed by atoms with Gasteiger partial charge in [0.15, 0.2) is 0 Å². The van der Waals surface area contributed by atoms with Crippen LogP contribution in [0.1, 0.15) is 65.2 Å². The quantitative estimate of drug-likeness (QED) is 0.784. The van der Waals surface area contributed by atoms with Crippen LogP contribution in [0.2, 0.25) is 0 Å². The van der Waals surface area contributed by atoms with E-state index in [0.717, 1.165) is 30.6 Å². The summed E-state index contributed by atoms with van der Waals surface area (Å²) in [5, 5.41) is 6.82. The second-order valence-electron chi connectivity index (χ2n) is 7.63. The third kappa shape index (κ3) is 2.88. The van der Waals surface area contributed by atoms with Crippen molar-refractivity contribution in [1.29, 1.82) is 0 Å². The molecule has 4 saturated carbocycles. The van der Waals surface area contributed by atoms with E-state index in [-0.39, 0.29) is 5.91 Å². The molecule has 0 aromatic carbocycles. The molecule has 3 heteroatoms. The Morgan fingerprint density at radius 2 is 1.55 bits per heavy atom. The second-order valence-corrected chi connectivity index (χ2v) is 7.63. The lowest BCUT2D eigenvalue weighted by Crippen LogP contribution is -2.60. The molecule has 0 atom stereocenters. The maximum atomic E-state index is 12.1. The van der Waals surface area contributed by atoms with E-state index in [1.54, 1.807) is 0 Å². The first-order valence-electron chi connectivity index (χ1n) is 8.67. The summed E-state index contributed by atoms with van der Waals surface area (Å²) in [6.07, 6.45) is 10.4. The molecule has 1 amide bonds. The van der Waals surface area contributed by atoms with Crippen LogP contribution < -0.4 is 10.6 Å². The summed E-state index contributed by atoms with van der Waals surface area (Å²) in [6, 6.07) is 0.348. The summed E-state index contributed by atoms with van der Waals surface area (Å²) < 4.78 is 0. The van der Waals surface area contributed by atoms with Crippen molar-refractivity contribution in [2.75, 3.05) is 6.54 Å². The monoisotopic (exact) mass is 278 g/mol. The van der Waals surface area contributed by atoms with E-state index in [0.29, 0.717) is 18.1 Å². The number of carbonyl (C=O) groups is 1. The summed E-state index contributed by atoms with van der Waals surface area (Å²) >= 11 is 0. The van der Waals surface area contributed by atoms with Crippen molar-refractivity contribution in [2.24, 2.45) is 17.8 Å². The lowest BCUT2D eigenvalue weighted by atomic mass is 9.53. The Bertz CT molecular complexity index is 327. The van der Waals surface area contributed by atoms with Crippen LogP contribution in [0.4, 0.5) is 0 Å². The van der Waals surface area contributed by atoms with Gasteiger partial charge in [0, 0.05) is 11.6 Å². The number of amides is 1. The molecule has 0 spiro atoms. The smallest absolute Gasteiger partial charge is 0.234 e. The van der Waals surface area contributed by atoms with Gasteiger partial charge in [0.05, 0.1) is 6.54 Å². The van der Waals surface area contributed by atoms with Crippen LogP contribution in [-0.4, -0.2) is 24.0 Å². The first-order valence-corrected chi connectivity index (χ1v) is 8.67. The number of rotatable bonds is 6. The predicted octanol–water partition coefficient (Wildman–Crippen LogP) is 2.85. The molecule has 3 nitrogen and oxygen atoms in total. The lowest BCUT2D eigenvalue weighted by molar-refractivity contribution is -0.122. The molecular formula is C17H30N2O. The van der Waals surface area contributed by atoms with E-state index in [1.807, 2.05) is 0 Å². The van der Waals surface area contributed by atoms with E-state index in [2.05, 4.69) is 24.5 Å². The third-order valence-electron chi connectivity index (χ3n) is 6.01. The van der Waals surface area contributed by atoms with Gasteiger partial charge in [-0.25, -0.2) is 0 Å². The molecule has 2 N–H and O–H groups in total. The summed E-state index contributed by atoms with van der Waals surface area (Å²) in [4.78, 5) is 12.1. The van der Waals surface area contributed by atoms with E-state index in [4.69, 9.17) is 0 Å². The fourth-order valence-corrected chi connectivity index (χ4v) is 5.37. The summed E-state index contributed by atoms with van der Waals surface area (Å²) in [6.45, 7) is 4.80. The highest BCUT2D eigenvalue weighted by Crippen LogP contribution is 2.55. The first-order chi connectivity index (χ1) is 9.62. The van der Waals surface area contributed by atoms with Crippen LogP contribution in [0, 0.1) is 17.8 Å². The van der Waals surface area contributed by atoms with Crippen LogP contribution >= 0.6 is 0 Å². The van der Waals surface area contributed by atoms with Gasteiger partial charge in [-0.15, -0.1) is 0 Å². The Labute approximate surface area is 123 Å². The average Bonchev–Trinajstić information content (AvgIpc) is 2.41. The number of carbonyl (C=O) groups excluding carboxylic acids is 1. The highest BCUT2D eigenvalue weighted by atomic mass is 16.2. The fourth-order valence-electron chi connectivity index (χ4n) is 5.37. The minimum Gasteiger partial charge on any atom is -0.352 e. The van der Waals surface area contributed by atoms with Crippen LogP contribution in [0.5, 0.6) is 0 Å². The molecule has 0 radical (unpaired) electrons.